The van der Waals surface area contributed by atoms with E-state index in [1.54, 1.807) is 30.6 Å². The van der Waals surface area contributed by atoms with Crippen molar-refractivity contribution < 1.29 is 33.4 Å². The Bertz CT molecular complexity index is 2200. The second kappa shape index (κ2) is 15.8. The van der Waals surface area contributed by atoms with E-state index in [2.05, 4.69) is 37.3 Å². The fourth-order valence-corrected chi connectivity index (χ4v) is 7.25. The highest BCUT2D eigenvalue weighted by Crippen LogP contribution is 2.35. The van der Waals surface area contributed by atoms with Crippen LogP contribution < -0.4 is 25.0 Å². The number of pyridine rings is 2. The van der Waals surface area contributed by atoms with Crippen LogP contribution in [0.5, 0.6) is 11.6 Å². The number of rotatable bonds is 11. The van der Waals surface area contributed by atoms with Crippen LogP contribution in [0.2, 0.25) is 0 Å². The number of urea groups is 1. The highest BCUT2D eigenvalue weighted by Gasteiger charge is 2.44. The number of hydrogen-bond acceptors (Lipinski definition) is 10. The van der Waals surface area contributed by atoms with Gasteiger partial charge in [-0.25, -0.2) is 14.6 Å². The zero-order valence-corrected chi connectivity index (χ0v) is 30.5. The fraction of sp³-hybridized carbons (Fsp3) is 0.350. The number of piperidine rings is 1. The largest absolute Gasteiger partial charge is 0.494 e. The predicted octanol–water partition coefficient (Wildman–Crippen LogP) is 5.34. The quantitative estimate of drug-likeness (QED) is 0.116. The Balaban J connectivity index is 0.825. The Labute approximate surface area is 317 Å². The number of piperazine rings is 1. The minimum atomic E-state index is -1.01. The van der Waals surface area contributed by atoms with Gasteiger partial charge >= 0.3 is 6.03 Å². The van der Waals surface area contributed by atoms with E-state index in [9.17, 15) is 24.0 Å². The average Bonchev–Trinajstić information content (AvgIpc) is 3.43. The number of nitrogens with zero attached hydrogens (tertiary/aromatic N) is 6. The first-order chi connectivity index (χ1) is 26.6. The lowest BCUT2D eigenvalue weighted by atomic mass is 10.0. The minimum Gasteiger partial charge on any atom is -0.494 e. The van der Waals surface area contributed by atoms with Crippen LogP contribution in [0.25, 0.3) is 15.7 Å². The molecular formula is C40H40N8O7. The summed E-state index contributed by atoms with van der Waals surface area (Å²) in [4.78, 5) is 80.5. The zero-order chi connectivity index (χ0) is 38.6. The number of fused-ring (bicyclic) bond motifs is 2. The van der Waals surface area contributed by atoms with Crippen molar-refractivity contribution in [3.8, 4) is 11.6 Å². The number of unbranched alkanes of at least 4 members (excludes halogenated alkanes) is 2. The summed E-state index contributed by atoms with van der Waals surface area (Å²) >= 11 is 0. The third-order valence-corrected chi connectivity index (χ3v) is 10.1. The lowest BCUT2D eigenvalue weighted by Crippen LogP contribution is -2.59. The molecule has 55 heavy (non-hydrogen) atoms. The van der Waals surface area contributed by atoms with Gasteiger partial charge in [0, 0.05) is 54.9 Å². The monoisotopic (exact) mass is 744 g/mol. The summed E-state index contributed by atoms with van der Waals surface area (Å²) in [6, 6.07) is 14.5. The Kier molecular flexibility index (Phi) is 10.6. The molecule has 2 fully saturated rings. The lowest BCUT2D eigenvalue weighted by molar-refractivity contribution is -0.136. The van der Waals surface area contributed by atoms with Crippen molar-refractivity contribution in [3.05, 3.63) is 89.5 Å². The summed E-state index contributed by atoms with van der Waals surface area (Å²) in [6.45, 7) is 13.6. The number of hydrogen-bond donors (Lipinski definition) is 2. The van der Waals surface area contributed by atoms with Crippen LogP contribution in [0.3, 0.4) is 0 Å². The summed E-state index contributed by atoms with van der Waals surface area (Å²) in [5.41, 5.74) is 3.14. The van der Waals surface area contributed by atoms with Gasteiger partial charge < -0.3 is 24.6 Å². The first-order valence-corrected chi connectivity index (χ1v) is 18.3. The maximum absolute atomic E-state index is 13.3. The molecule has 3 aliphatic heterocycles. The fourth-order valence-electron chi connectivity index (χ4n) is 7.25. The van der Waals surface area contributed by atoms with Crippen molar-refractivity contribution >= 4 is 57.6 Å². The van der Waals surface area contributed by atoms with E-state index in [4.69, 9.17) is 16.0 Å². The number of imide groups is 2. The average molecular weight is 745 g/mol. The molecule has 2 N–H and O–H groups in total. The number of carbonyl (C=O) groups is 5. The number of aromatic nitrogens is 2. The van der Waals surface area contributed by atoms with E-state index in [1.165, 1.54) is 12.1 Å². The van der Waals surface area contributed by atoms with E-state index in [1.807, 2.05) is 36.1 Å². The molecule has 15 nitrogen and oxygen atoms in total. The maximum atomic E-state index is 13.3. The first-order valence-electron chi connectivity index (χ1n) is 18.3. The van der Waals surface area contributed by atoms with Crippen LogP contribution in [0, 0.1) is 6.57 Å². The normalized spacial score (nSPS) is 19.6. The van der Waals surface area contributed by atoms with Gasteiger partial charge in [0.15, 0.2) is 0 Å². The second-order valence-electron chi connectivity index (χ2n) is 13.8. The number of nitrogens with one attached hydrogen (secondary N) is 2. The molecule has 6 amide bonds. The third kappa shape index (κ3) is 7.61. The highest BCUT2D eigenvalue weighted by atomic mass is 16.5. The molecule has 0 bridgehead atoms. The SMILES string of the molecule is [C-]#[N+]c1ccc(N2C[C@@H](C)N(C(=O)Nc3ccc(OCCCCCOc4ccc5c(c4)C(=O)N(C4CCC(=O)NC4=O)C5=O)nc3)C[C@@H]2C)c2cccnc12. The van der Waals surface area contributed by atoms with Gasteiger partial charge in [-0.05, 0) is 75.9 Å². The van der Waals surface area contributed by atoms with Gasteiger partial charge in [-0.2, -0.15) is 0 Å². The molecule has 0 aliphatic carbocycles. The van der Waals surface area contributed by atoms with E-state index in [-0.39, 0.29) is 42.1 Å². The molecule has 0 saturated carbocycles. The van der Waals surface area contributed by atoms with E-state index in [0.717, 1.165) is 35.2 Å². The number of ether oxygens (including phenoxy) is 2. The van der Waals surface area contributed by atoms with Crippen molar-refractivity contribution in [2.45, 2.75) is 64.1 Å². The standard InChI is InChI=1S/C40H40N8O7/c1-24-23-47(25(2)22-46(24)32-13-12-31(41-3)36-29(32)8-7-17-42-36)40(53)44-26-9-16-35(43-21-26)55-19-6-4-5-18-54-27-10-11-28-30(20-27)39(52)48(38(28)51)33-14-15-34(49)45-37(33)50/h7-13,16-17,20-21,24-25,33H,4-6,14-15,18-19,22-23H2,1-2H3,(H,44,53)(H,45,49,50)/t24-,25+,33?/m0/s1. The number of carbonyl (C=O) groups excluding carboxylic acids is 5. The predicted molar refractivity (Wildman–Crippen MR) is 202 cm³/mol. The van der Waals surface area contributed by atoms with Crippen molar-refractivity contribution in [2.75, 3.05) is 36.5 Å². The van der Waals surface area contributed by atoms with Crippen molar-refractivity contribution in [1.29, 1.82) is 0 Å². The van der Waals surface area contributed by atoms with Crippen LogP contribution in [0.15, 0.2) is 67.0 Å². The molecule has 2 aromatic carbocycles. The second-order valence-corrected chi connectivity index (χ2v) is 13.8. The molecule has 0 spiro atoms. The van der Waals surface area contributed by atoms with Gasteiger partial charge in [-0.3, -0.25) is 34.4 Å². The molecule has 15 heteroatoms. The number of anilines is 2. The van der Waals surface area contributed by atoms with Crippen LogP contribution in [-0.2, 0) is 9.59 Å². The van der Waals surface area contributed by atoms with E-state index >= 15 is 0 Å². The van der Waals surface area contributed by atoms with Gasteiger partial charge in [-0.15, -0.1) is 0 Å². The number of benzene rings is 2. The molecule has 0 radical (unpaired) electrons. The Hall–Kier alpha value is -6.56. The van der Waals surface area contributed by atoms with Gasteiger partial charge in [0.05, 0.1) is 48.3 Å². The van der Waals surface area contributed by atoms with Crippen LogP contribution in [-0.4, -0.2) is 93.9 Å². The third-order valence-electron chi connectivity index (χ3n) is 10.1. The van der Waals surface area contributed by atoms with Crippen molar-refractivity contribution in [3.63, 3.8) is 0 Å². The highest BCUT2D eigenvalue weighted by molar-refractivity contribution is 6.23. The van der Waals surface area contributed by atoms with Crippen molar-refractivity contribution in [1.82, 2.24) is 25.1 Å². The topological polar surface area (TPSA) is 168 Å². The van der Waals surface area contributed by atoms with Gasteiger partial charge in [0.1, 0.15) is 11.8 Å². The van der Waals surface area contributed by atoms with E-state index < -0.39 is 29.7 Å². The molecule has 3 atom stereocenters. The molecule has 2 saturated heterocycles. The number of amides is 6. The molecule has 4 aromatic rings. The van der Waals surface area contributed by atoms with Gasteiger partial charge in [-0.1, -0.05) is 12.1 Å². The Morgan fingerprint density at radius 2 is 1.73 bits per heavy atom. The summed E-state index contributed by atoms with van der Waals surface area (Å²) in [6.07, 6.45) is 5.71. The lowest BCUT2D eigenvalue weighted by Gasteiger charge is -2.45. The molecule has 282 valence electrons. The molecule has 7 rings (SSSR count). The Morgan fingerprint density at radius 1 is 0.927 bits per heavy atom. The van der Waals surface area contributed by atoms with E-state index in [0.29, 0.717) is 54.8 Å². The summed E-state index contributed by atoms with van der Waals surface area (Å²) < 4.78 is 11.6. The molecular weight excluding hydrogens is 704 g/mol. The zero-order valence-electron chi connectivity index (χ0n) is 30.5. The maximum Gasteiger partial charge on any atom is 0.322 e. The smallest absolute Gasteiger partial charge is 0.322 e. The molecule has 2 aromatic heterocycles. The summed E-state index contributed by atoms with van der Waals surface area (Å²) in [5.74, 6) is -1.31. The van der Waals surface area contributed by atoms with Crippen LogP contribution in [0.4, 0.5) is 21.9 Å². The van der Waals surface area contributed by atoms with Crippen LogP contribution >= 0.6 is 0 Å². The summed E-state index contributed by atoms with van der Waals surface area (Å²) in [7, 11) is 0. The first kappa shape index (κ1) is 36.8. The van der Waals surface area contributed by atoms with Gasteiger partial charge in [0.25, 0.3) is 11.8 Å². The Morgan fingerprint density at radius 3 is 2.49 bits per heavy atom. The molecule has 5 heterocycles. The summed E-state index contributed by atoms with van der Waals surface area (Å²) in [5, 5.41) is 6.07. The molecule has 3 aliphatic rings. The minimum absolute atomic E-state index is 0.0289. The van der Waals surface area contributed by atoms with Crippen molar-refractivity contribution in [2.24, 2.45) is 0 Å². The van der Waals surface area contributed by atoms with Gasteiger partial charge in [0.2, 0.25) is 23.4 Å². The molecule has 1 unspecified atom stereocenters. The van der Waals surface area contributed by atoms with Crippen LogP contribution in [0.1, 0.15) is 66.7 Å².